The van der Waals surface area contributed by atoms with E-state index in [0.717, 1.165) is 31.0 Å². The van der Waals surface area contributed by atoms with Gasteiger partial charge in [-0.25, -0.2) is 13.8 Å². The van der Waals surface area contributed by atoms with Crippen LogP contribution in [0, 0.1) is 19.3 Å². The molecule has 0 radical (unpaired) electrons. The summed E-state index contributed by atoms with van der Waals surface area (Å²) in [6.07, 6.45) is 4.52. The molecule has 208 valence electrons. The van der Waals surface area contributed by atoms with Crippen molar-refractivity contribution in [1.82, 2.24) is 4.98 Å². The molecule has 0 aliphatic rings. The molecule has 39 heavy (non-hydrogen) atoms. The Morgan fingerprint density at radius 1 is 1.03 bits per heavy atom. The average Bonchev–Trinajstić information content (AvgIpc) is 2.88. The van der Waals surface area contributed by atoms with Crippen molar-refractivity contribution >= 4 is 17.3 Å². The van der Waals surface area contributed by atoms with Crippen molar-refractivity contribution in [2.24, 2.45) is 0 Å². The van der Waals surface area contributed by atoms with Crippen molar-refractivity contribution in [3.05, 3.63) is 83.6 Å². The minimum atomic E-state index is -2.34. The maximum atomic E-state index is 11.7. The molecule has 0 aliphatic heterocycles. The normalized spacial score (nSPS) is 10.8. The van der Waals surface area contributed by atoms with Gasteiger partial charge in [0.15, 0.2) is 11.4 Å². The number of ketones is 1. The molecule has 0 aliphatic carbocycles. The lowest BCUT2D eigenvalue weighted by Crippen LogP contribution is -2.36. The van der Waals surface area contributed by atoms with Gasteiger partial charge in [0, 0.05) is 27.2 Å². The second-order valence-electron chi connectivity index (χ2n) is 10.0. The van der Waals surface area contributed by atoms with Crippen LogP contribution in [-0.4, -0.2) is 43.4 Å². The Kier molecular flexibility index (Phi) is 11.9. The van der Waals surface area contributed by atoms with Gasteiger partial charge in [0.25, 0.3) is 0 Å². The first kappa shape index (κ1) is 31.3. The van der Waals surface area contributed by atoms with E-state index in [9.17, 15) is 13.6 Å². The Hall–Kier alpha value is -3.92. The van der Waals surface area contributed by atoms with Crippen LogP contribution in [0.3, 0.4) is 0 Å². The number of hydrogen-bond donors (Lipinski definition) is 0. The number of alkyl halides is 2. The number of carbonyl (C=O) groups excluding carboxylic acids is 1. The molecular formula is C32H39F2N3O2. The topological polar surface area (TPSA) is 45.7 Å². The highest BCUT2D eigenvalue weighted by atomic mass is 19.3. The van der Waals surface area contributed by atoms with E-state index in [1.165, 1.54) is 16.7 Å². The summed E-state index contributed by atoms with van der Waals surface area (Å²) >= 11 is 0. The number of anilines is 2. The Bertz CT molecular complexity index is 1200. The summed E-state index contributed by atoms with van der Waals surface area (Å²) in [6.45, 7) is 8.87. The molecule has 0 amide bonds. The first-order valence-electron chi connectivity index (χ1n) is 12.9. The fraction of sp³-hybridized carbons (Fsp3) is 0.375. The Balaban J connectivity index is 0.000000798. The molecule has 3 aromatic rings. The highest BCUT2D eigenvalue weighted by Crippen LogP contribution is 2.22. The van der Waals surface area contributed by atoms with Crippen LogP contribution in [0.25, 0.3) is 0 Å². The van der Waals surface area contributed by atoms with E-state index >= 15 is 0 Å². The predicted molar refractivity (Wildman–Crippen MR) is 156 cm³/mol. The molecule has 2 aromatic carbocycles. The van der Waals surface area contributed by atoms with Gasteiger partial charge >= 0.3 is 0 Å². The molecule has 1 heterocycles. The standard InChI is InChI=1S/C28H35N3O2.C4H4F2/c1-21-7-9-24(10-8-21)20-31(27-16-13-25(19-29-27)30(5)6)18-17-23-11-14-26(15-12-23)33-28(3,4)22(2)32;1-2-3-4(5)6/h7-16,19H,17-18,20H2,1-6H3;1,4H,3H2. The third-order valence-corrected chi connectivity index (χ3v) is 6.15. The van der Waals surface area contributed by atoms with Crippen LogP contribution in [0.2, 0.25) is 0 Å². The summed E-state index contributed by atoms with van der Waals surface area (Å²) in [5, 5.41) is 0. The van der Waals surface area contributed by atoms with E-state index < -0.39 is 18.4 Å². The van der Waals surface area contributed by atoms with Gasteiger partial charge < -0.3 is 14.5 Å². The Morgan fingerprint density at radius 3 is 2.10 bits per heavy atom. The number of hydrogen-bond acceptors (Lipinski definition) is 5. The number of benzene rings is 2. The molecule has 5 nitrogen and oxygen atoms in total. The number of nitrogens with zero attached hydrogens (tertiary/aromatic N) is 3. The zero-order valence-electron chi connectivity index (χ0n) is 23.7. The number of terminal acetylenes is 1. The van der Waals surface area contributed by atoms with E-state index in [4.69, 9.17) is 9.72 Å². The maximum Gasteiger partial charge on any atom is 0.249 e. The molecule has 0 spiro atoms. The predicted octanol–water partition coefficient (Wildman–Crippen LogP) is 6.73. The first-order valence-corrected chi connectivity index (χ1v) is 12.9. The third kappa shape index (κ3) is 10.8. The third-order valence-electron chi connectivity index (χ3n) is 6.15. The van der Waals surface area contributed by atoms with Crippen molar-refractivity contribution in [1.29, 1.82) is 0 Å². The van der Waals surface area contributed by atoms with Crippen molar-refractivity contribution in [2.75, 3.05) is 30.4 Å². The number of carbonyl (C=O) groups is 1. The molecule has 1 aromatic heterocycles. The van der Waals surface area contributed by atoms with Crippen LogP contribution in [0.4, 0.5) is 20.3 Å². The number of ether oxygens (including phenoxy) is 1. The lowest BCUT2D eigenvalue weighted by Gasteiger charge is -2.25. The first-order chi connectivity index (χ1) is 18.4. The molecule has 3 rings (SSSR count). The minimum Gasteiger partial charge on any atom is -0.480 e. The molecule has 0 unspecified atom stereocenters. The number of aryl methyl sites for hydroxylation is 1. The van der Waals surface area contributed by atoms with Gasteiger partial charge in [-0.2, -0.15) is 0 Å². The molecule has 7 heteroatoms. The molecule has 0 atom stereocenters. The van der Waals surface area contributed by atoms with Crippen LogP contribution in [0.5, 0.6) is 5.75 Å². The van der Waals surface area contributed by atoms with Gasteiger partial charge in [0.1, 0.15) is 11.6 Å². The Labute approximate surface area is 231 Å². The molecule has 0 saturated carbocycles. The smallest absolute Gasteiger partial charge is 0.249 e. The Morgan fingerprint density at radius 2 is 1.64 bits per heavy atom. The molecule has 0 bridgehead atoms. The second-order valence-corrected chi connectivity index (χ2v) is 10.0. The minimum absolute atomic E-state index is 0.00566. The van der Waals surface area contributed by atoms with Gasteiger partial charge in [-0.3, -0.25) is 4.79 Å². The number of pyridine rings is 1. The lowest BCUT2D eigenvalue weighted by molar-refractivity contribution is -0.129. The zero-order chi connectivity index (χ0) is 29.0. The van der Waals surface area contributed by atoms with Gasteiger partial charge in [0.2, 0.25) is 6.43 Å². The quantitative estimate of drug-likeness (QED) is 0.255. The number of halogens is 2. The van der Waals surface area contributed by atoms with E-state index in [1.54, 1.807) is 20.8 Å². The van der Waals surface area contributed by atoms with Crippen molar-refractivity contribution < 1.29 is 18.3 Å². The van der Waals surface area contributed by atoms with Gasteiger partial charge in [-0.1, -0.05) is 42.0 Å². The van der Waals surface area contributed by atoms with Crippen LogP contribution in [0.15, 0.2) is 66.9 Å². The van der Waals surface area contributed by atoms with Crippen LogP contribution in [-0.2, 0) is 17.8 Å². The highest BCUT2D eigenvalue weighted by molar-refractivity contribution is 5.84. The molecule has 0 saturated heterocycles. The van der Waals surface area contributed by atoms with Crippen molar-refractivity contribution in [3.8, 4) is 18.1 Å². The van der Waals surface area contributed by atoms with Crippen LogP contribution in [0.1, 0.15) is 43.9 Å². The molecular weight excluding hydrogens is 496 g/mol. The van der Waals surface area contributed by atoms with E-state index in [2.05, 4.69) is 71.7 Å². The second kappa shape index (κ2) is 14.9. The van der Waals surface area contributed by atoms with Gasteiger partial charge in [-0.05, 0) is 69.5 Å². The number of rotatable bonds is 11. The summed E-state index contributed by atoms with van der Waals surface area (Å²) < 4.78 is 27.6. The van der Waals surface area contributed by atoms with Crippen LogP contribution >= 0.6 is 0 Å². The lowest BCUT2D eigenvalue weighted by atomic mass is 10.1. The number of Topliss-reactive ketones (excluding diaryl/α,β-unsaturated/α-hetero) is 1. The fourth-order valence-corrected chi connectivity index (χ4v) is 3.46. The SMILES string of the molecule is C#CCC(F)F.CC(=O)C(C)(C)Oc1ccc(CCN(Cc2ccc(C)cc2)c2ccc(N(C)C)cn2)cc1. The fourth-order valence-electron chi connectivity index (χ4n) is 3.46. The van der Waals surface area contributed by atoms with E-state index in [1.807, 2.05) is 38.3 Å². The monoisotopic (exact) mass is 535 g/mol. The average molecular weight is 536 g/mol. The van der Waals surface area contributed by atoms with E-state index in [0.29, 0.717) is 5.75 Å². The summed E-state index contributed by atoms with van der Waals surface area (Å²) in [5.41, 5.74) is 3.99. The van der Waals surface area contributed by atoms with Gasteiger partial charge in [0.05, 0.1) is 18.3 Å². The summed E-state index contributed by atoms with van der Waals surface area (Å²) in [5.74, 6) is 3.49. The number of aromatic nitrogens is 1. The zero-order valence-corrected chi connectivity index (χ0v) is 23.7. The summed E-state index contributed by atoms with van der Waals surface area (Å²) in [6, 6.07) is 20.9. The molecule has 0 fully saturated rings. The van der Waals surface area contributed by atoms with Crippen LogP contribution < -0.4 is 14.5 Å². The van der Waals surface area contributed by atoms with Crippen molar-refractivity contribution in [2.45, 2.75) is 59.1 Å². The summed E-state index contributed by atoms with van der Waals surface area (Å²) in [7, 11) is 4.04. The summed E-state index contributed by atoms with van der Waals surface area (Å²) in [4.78, 5) is 20.8. The van der Waals surface area contributed by atoms with Gasteiger partial charge in [-0.15, -0.1) is 12.3 Å². The maximum absolute atomic E-state index is 11.7. The largest absolute Gasteiger partial charge is 0.480 e. The van der Waals surface area contributed by atoms with E-state index in [-0.39, 0.29) is 5.78 Å². The molecule has 0 N–H and O–H groups in total. The van der Waals surface area contributed by atoms with Crippen molar-refractivity contribution in [3.63, 3.8) is 0 Å². The highest BCUT2D eigenvalue weighted by Gasteiger charge is 2.25.